The Kier molecular flexibility index (Phi) is 18.5. The molecule has 10 rings (SSSR count). The van der Waals surface area contributed by atoms with Crippen LogP contribution in [0.1, 0.15) is 71.2 Å². The van der Waals surface area contributed by atoms with E-state index in [9.17, 15) is 29.4 Å². The van der Waals surface area contributed by atoms with Gasteiger partial charge in [-0.1, -0.05) is 87.5 Å². The monoisotopic (exact) mass is 1190 g/mol. The molecule has 4 aliphatic heterocycles. The van der Waals surface area contributed by atoms with E-state index < -0.39 is 29.4 Å². The summed E-state index contributed by atoms with van der Waals surface area (Å²) in [7, 11) is 0. The van der Waals surface area contributed by atoms with Crippen LogP contribution < -0.4 is 20.3 Å². The molecule has 0 aliphatic carbocycles. The van der Waals surface area contributed by atoms with Crippen molar-refractivity contribution in [1.29, 1.82) is 0 Å². The molecule has 0 radical (unpaired) electrons. The number of likely N-dealkylation sites (tertiary alicyclic amines) is 2. The molecule has 4 saturated heterocycles. The number of rotatable bonds is 17. The van der Waals surface area contributed by atoms with E-state index >= 15 is 4.39 Å². The smallest absolute Gasteiger partial charge is 0.319 e. The third-order valence-electron chi connectivity index (χ3n) is 17.0. The highest BCUT2D eigenvalue weighted by atomic mass is 35.5. The van der Waals surface area contributed by atoms with Crippen LogP contribution in [0.4, 0.5) is 10.2 Å². The first-order valence-corrected chi connectivity index (χ1v) is 30.5. The highest BCUT2D eigenvalue weighted by Gasteiger charge is 2.45. The van der Waals surface area contributed by atoms with Crippen molar-refractivity contribution in [2.75, 3.05) is 96.5 Å². The number of aromatic nitrogens is 3. The van der Waals surface area contributed by atoms with Crippen molar-refractivity contribution in [3.63, 3.8) is 0 Å². The zero-order valence-electron chi connectivity index (χ0n) is 48.8. The number of piperazine rings is 2. The van der Waals surface area contributed by atoms with E-state index in [-0.39, 0.29) is 83.1 Å². The van der Waals surface area contributed by atoms with Crippen molar-refractivity contribution in [3.05, 3.63) is 107 Å². The predicted octanol–water partition coefficient (Wildman–Crippen LogP) is 7.68. The number of aliphatic hydroxyl groups is 1. The number of nitrogens with one attached hydrogen (secondary N) is 2. The zero-order chi connectivity index (χ0) is 59.6. The van der Waals surface area contributed by atoms with Crippen LogP contribution in [0.2, 0.25) is 5.02 Å². The number of phenols is 1. The number of β-amino-alcohol motifs (C(OH)–C–C–N with tert-alkyl or cyclic N) is 1. The number of anilines is 1. The van der Waals surface area contributed by atoms with Crippen LogP contribution in [0.15, 0.2) is 84.9 Å². The Labute approximate surface area is 499 Å². The Morgan fingerprint density at radius 2 is 1.60 bits per heavy atom. The number of carbonyl (C=O) groups excluding carboxylic acids is 4. The average molecular weight is 1190 g/mol. The van der Waals surface area contributed by atoms with E-state index in [1.54, 1.807) is 28.4 Å². The lowest BCUT2D eigenvalue weighted by molar-refractivity contribution is -0.144. The van der Waals surface area contributed by atoms with Crippen molar-refractivity contribution >= 4 is 74.1 Å². The lowest BCUT2D eigenvalue weighted by Crippen LogP contribution is -2.59. The minimum absolute atomic E-state index is 0.000306. The van der Waals surface area contributed by atoms with Crippen LogP contribution in [0.3, 0.4) is 0 Å². The number of ether oxygens (including phenoxy) is 1. The first kappa shape index (κ1) is 60.3. The predicted molar refractivity (Wildman–Crippen MR) is 327 cm³/mol. The van der Waals surface area contributed by atoms with Gasteiger partial charge in [0.1, 0.15) is 35.3 Å². The van der Waals surface area contributed by atoms with Crippen molar-refractivity contribution < 1.29 is 38.5 Å². The van der Waals surface area contributed by atoms with Gasteiger partial charge >= 0.3 is 6.01 Å². The van der Waals surface area contributed by atoms with E-state index in [1.807, 2.05) is 100 Å². The van der Waals surface area contributed by atoms with Gasteiger partial charge in [-0.25, -0.2) is 9.37 Å². The third kappa shape index (κ3) is 13.6. The topological polar surface area (TPSA) is 200 Å². The summed E-state index contributed by atoms with van der Waals surface area (Å²) < 4.78 is 23.7. The number of amides is 4. The summed E-state index contributed by atoms with van der Waals surface area (Å²) in [5, 5.41) is 29.6. The minimum atomic E-state index is -0.917. The number of thiazole rings is 1. The fraction of sp³-hybridized carbons (Fsp3) is 0.476. The average Bonchev–Trinajstić information content (AvgIpc) is 4.23. The maximum atomic E-state index is 17.2. The van der Waals surface area contributed by atoms with Crippen molar-refractivity contribution in [1.82, 2.24) is 50.1 Å². The van der Waals surface area contributed by atoms with Gasteiger partial charge in [0.05, 0.1) is 39.8 Å². The number of hydrogen-bond donors (Lipinski definition) is 4. The Bertz CT molecular complexity index is 3390. The molecule has 0 bridgehead atoms. The number of aryl methyl sites for hydroxylation is 1. The molecule has 5 atom stereocenters. The molecule has 4 fully saturated rings. The molecule has 84 heavy (non-hydrogen) atoms. The molecule has 4 N–H and O–H groups in total. The quantitative estimate of drug-likeness (QED) is 0.0649. The van der Waals surface area contributed by atoms with Gasteiger partial charge in [-0.2, -0.15) is 9.97 Å². The van der Waals surface area contributed by atoms with Gasteiger partial charge in [0.15, 0.2) is 5.82 Å². The highest BCUT2D eigenvalue weighted by Crippen LogP contribution is 2.43. The van der Waals surface area contributed by atoms with Crippen LogP contribution in [0.5, 0.6) is 11.8 Å². The standard InChI is InChI=1S/C63H77ClFN11O7S/c1-8-53(80)74-25-27-75(28-26-74)59-49-32-50(64)54(48-30-45(77)29-44-11-9-10-12-47(44)48)55(65)56(49)69-62(70-59)83-38(2)33-71-19-17-41(18-20-71)34-72-21-23-73(24-22-72)36-52(79)68-58(63(5,6)7)61(82)76-35-46(78)31-51(76)60(81)67-39(3)42-13-15-43(16-14-42)57-40(4)66-37-84-57/h8-16,29-30,32,37-39,41,46,51,58,77-78H,1,17-28,31,33-36H2,2-7H3,(H,67,81)(H,68,79)/t38-,39+,46-,51+,58-/m1/s1. The number of carbonyl (C=O) groups is 4. The zero-order valence-corrected chi connectivity index (χ0v) is 50.4. The maximum Gasteiger partial charge on any atom is 0.319 e. The molecule has 21 heteroatoms. The molecule has 4 amide bonds. The number of benzene rings is 4. The first-order valence-electron chi connectivity index (χ1n) is 29.2. The number of nitrogens with zero attached hydrogens (tertiary/aromatic N) is 9. The second-order valence-electron chi connectivity index (χ2n) is 24.1. The van der Waals surface area contributed by atoms with Crippen LogP contribution >= 0.6 is 22.9 Å². The summed E-state index contributed by atoms with van der Waals surface area (Å²) in [5.41, 5.74) is 4.65. The van der Waals surface area contributed by atoms with Crippen LogP contribution in [0, 0.1) is 24.1 Å². The van der Waals surface area contributed by atoms with Gasteiger partial charge in [-0.3, -0.25) is 29.0 Å². The molecule has 6 aromatic rings. The SMILES string of the molecule is C=CC(=O)N1CCN(c2nc(O[C@H](C)CN3CCC(CN4CCN(CC(=O)N[C@H](C(=O)N5C[C@H](O)C[C@H]5C(=O)N[C@@H](C)c5ccc(-c6scnc6C)cc5)C(C)(C)C)CC4)CC3)nc3c(F)c(-c4cc(O)cc5ccccc45)c(Cl)cc23)CC1. The molecule has 6 heterocycles. The molecular formula is C63H77ClFN11O7S. The number of halogens is 2. The number of piperidine rings is 1. The van der Waals surface area contributed by atoms with Crippen molar-refractivity contribution in [2.45, 2.75) is 91.1 Å². The third-order valence-corrected chi connectivity index (χ3v) is 18.2. The molecule has 4 aliphatic rings. The Hall–Kier alpha value is -6.81. The second-order valence-corrected chi connectivity index (χ2v) is 25.4. The van der Waals surface area contributed by atoms with E-state index in [4.69, 9.17) is 26.3 Å². The summed E-state index contributed by atoms with van der Waals surface area (Å²) in [4.78, 5) is 81.6. The molecule has 446 valence electrons. The fourth-order valence-electron chi connectivity index (χ4n) is 12.3. The summed E-state index contributed by atoms with van der Waals surface area (Å²) >= 11 is 8.54. The van der Waals surface area contributed by atoms with E-state index in [1.165, 1.54) is 17.0 Å². The lowest BCUT2D eigenvalue weighted by Gasteiger charge is -2.39. The summed E-state index contributed by atoms with van der Waals surface area (Å²) in [5.74, 6) is -0.891. The summed E-state index contributed by atoms with van der Waals surface area (Å²) in [6, 6.07) is 18.1. The maximum absolute atomic E-state index is 17.2. The van der Waals surface area contributed by atoms with Crippen LogP contribution in [-0.4, -0.2) is 189 Å². The molecule has 0 spiro atoms. The number of aromatic hydroxyl groups is 1. The summed E-state index contributed by atoms with van der Waals surface area (Å²) in [6.07, 6.45) is 2.20. The Balaban J connectivity index is 0.708. The van der Waals surface area contributed by atoms with E-state index in [2.05, 4.69) is 36.9 Å². The first-order chi connectivity index (χ1) is 40.2. The van der Waals surface area contributed by atoms with Crippen LogP contribution in [-0.2, 0) is 19.2 Å². The Morgan fingerprint density at radius 3 is 2.27 bits per heavy atom. The molecule has 0 unspecified atom stereocenters. The minimum Gasteiger partial charge on any atom is -0.508 e. The number of fused-ring (bicyclic) bond motifs is 2. The van der Waals surface area contributed by atoms with Gasteiger partial charge in [-0.05, 0) is 110 Å². The molecule has 0 saturated carbocycles. The summed E-state index contributed by atoms with van der Waals surface area (Å²) in [6.45, 7) is 23.4. The van der Waals surface area contributed by atoms with Gasteiger partial charge < -0.3 is 45.2 Å². The molecule has 18 nitrogen and oxygen atoms in total. The van der Waals surface area contributed by atoms with Crippen molar-refractivity contribution in [2.24, 2.45) is 11.3 Å². The normalized spacial score (nSPS) is 19.8. The fourth-order valence-corrected chi connectivity index (χ4v) is 13.4. The van der Waals surface area contributed by atoms with Crippen molar-refractivity contribution in [3.8, 4) is 33.3 Å². The number of phenolic OH excluding ortho intramolecular Hbond substituents is 1. The van der Waals surface area contributed by atoms with Gasteiger partial charge in [0.2, 0.25) is 23.6 Å². The van der Waals surface area contributed by atoms with Crippen LogP contribution in [0.25, 0.3) is 43.2 Å². The highest BCUT2D eigenvalue weighted by molar-refractivity contribution is 7.13. The van der Waals surface area contributed by atoms with E-state index in [0.29, 0.717) is 68.5 Å². The van der Waals surface area contributed by atoms with Gasteiger partial charge in [0, 0.05) is 89.4 Å². The largest absolute Gasteiger partial charge is 0.508 e. The molecular weight excluding hydrogens is 1110 g/mol. The van der Waals surface area contributed by atoms with E-state index in [0.717, 1.165) is 78.0 Å². The van der Waals surface area contributed by atoms with Gasteiger partial charge in [0.25, 0.3) is 0 Å². The molecule has 4 aromatic carbocycles. The Morgan fingerprint density at radius 1 is 0.893 bits per heavy atom. The molecule has 2 aromatic heterocycles. The number of aliphatic hydroxyl groups excluding tert-OH is 1. The number of hydrogen-bond acceptors (Lipinski definition) is 15. The second kappa shape index (κ2) is 25.8. The lowest BCUT2D eigenvalue weighted by atomic mass is 9.85. The van der Waals surface area contributed by atoms with Gasteiger partial charge in [-0.15, -0.1) is 11.3 Å².